The van der Waals surface area contributed by atoms with Crippen molar-refractivity contribution in [3.63, 3.8) is 0 Å². The lowest BCUT2D eigenvalue weighted by molar-refractivity contribution is -0.513. The molecule has 0 bridgehead atoms. The summed E-state index contributed by atoms with van der Waals surface area (Å²) in [4.78, 5) is 28.2. The van der Waals surface area contributed by atoms with E-state index in [9.17, 15) is 22.4 Å². The molecule has 0 saturated carbocycles. The number of hydrogen-bond donors (Lipinski definition) is 2. The van der Waals surface area contributed by atoms with Crippen LogP contribution in [0.25, 0.3) is 27.5 Å². The van der Waals surface area contributed by atoms with E-state index in [1.165, 1.54) is 12.1 Å². The predicted molar refractivity (Wildman–Crippen MR) is 119 cm³/mol. The fraction of sp³-hybridized carbons (Fsp3) is 0.0400. The van der Waals surface area contributed by atoms with Crippen LogP contribution in [-0.4, -0.2) is 23.0 Å². The zero-order valence-corrected chi connectivity index (χ0v) is 18.3. The molecule has 0 unspecified atom stereocenters. The Morgan fingerprint density at radius 1 is 0.972 bits per heavy atom. The summed E-state index contributed by atoms with van der Waals surface area (Å²) in [5, 5.41) is 13.7. The summed E-state index contributed by atoms with van der Waals surface area (Å²) in [5.41, 5.74) is 3.11. The first-order chi connectivity index (χ1) is 17.1. The molecule has 5 rings (SSSR count). The van der Waals surface area contributed by atoms with Gasteiger partial charge in [-0.25, -0.2) is 14.4 Å². The molecule has 0 aliphatic heterocycles. The minimum atomic E-state index is -5.19. The number of imidazole rings is 1. The van der Waals surface area contributed by atoms with E-state index in [0.717, 1.165) is 33.2 Å². The molecule has 0 aliphatic rings. The molecule has 182 valence electrons. The normalized spacial score (nSPS) is 11.1. The van der Waals surface area contributed by atoms with E-state index >= 15 is 0 Å². The van der Waals surface area contributed by atoms with Gasteiger partial charge in [0.05, 0.1) is 6.20 Å². The van der Waals surface area contributed by atoms with E-state index in [1.807, 2.05) is 61.1 Å². The predicted octanol–water partition coefficient (Wildman–Crippen LogP) is 3.08. The number of carboxylic acids is 1. The molecule has 3 heterocycles. The van der Waals surface area contributed by atoms with Gasteiger partial charge in [0.15, 0.2) is 23.6 Å². The largest absolute Gasteiger partial charge is 0.542 e. The van der Waals surface area contributed by atoms with Gasteiger partial charge in [0.2, 0.25) is 0 Å². The lowest BCUT2D eigenvalue weighted by atomic mass is 10.1. The quantitative estimate of drug-likeness (QED) is 0.296. The van der Waals surface area contributed by atoms with Crippen molar-refractivity contribution in [3.8, 4) is 11.3 Å². The number of aromatic nitrogens is 3. The molecule has 0 atom stereocenters. The summed E-state index contributed by atoms with van der Waals surface area (Å²) in [7, 11) is 0. The molecule has 3 N–H and O–H groups in total. The Hall–Kier alpha value is -4.80. The van der Waals surface area contributed by atoms with E-state index in [1.54, 1.807) is 16.5 Å². The maximum atomic E-state index is 13.3. The molecule has 1 amide bonds. The molecule has 0 fully saturated rings. The van der Waals surface area contributed by atoms with Gasteiger partial charge in [0, 0.05) is 28.1 Å². The van der Waals surface area contributed by atoms with Crippen LogP contribution in [0.5, 0.6) is 0 Å². The Balaban J connectivity index is 0.000000384. The summed E-state index contributed by atoms with van der Waals surface area (Å²) in [6, 6.07) is 19.5. The van der Waals surface area contributed by atoms with Crippen molar-refractivity contribution in [2.24, 2.45) is 0 Å². The number of aromatic amines is 2. The van der Waals surface area contributed by atoms with E-state index < -0.39 is 12.1 Å². The van der Waals surface area contributed by atoms with Gasteiger partial charge in [0.25, 0.3) is 0 Å². The monoisotopic (exact) mass is 497 g/mol. The highest BCUT2D eigenvalue weighted by atomic mass is 19.4. The Morgan fingerprint density at radius 2 is 1.69 bits per heavy atom. The molecule has 11 heteroatoms. The van der Waals surface area contributed by atoms with Gasteiger partial charge >= 0.3 is 17.9 Å². The average molecular weight is 497 g/mol. The summed E-state index contributed by atoms with van der Waals surface area (Å²) in [6.07, 6.45) is 0.339. The van der Waals surface area contributed by atoms with Crippen LogP contribution in [0.1, 0.15) is 10.6 Å². The van der Waals surface area contributed by atoms with Gasteiger partial charge in [-0.3, -0.25) is 4.79 Å². The highest BCUT2D eigenvalue weighted by molar-refractivity contribution is 6.07. The van der Waals surface area contributed by atoms with Gasteiger partial charge in [-0.15, -0.1) is 0 Å². The highest BCUT2D eigenvalue weighted by Crippen LogP contribution is 2.24. The second-order valence-electron chi connectivity index (χ2n) is 7.50. The van der Waals surface area contributed by atoms with E-state index in [4.69, 9.17) is 9.90 Å². The number of H-pyrrole nitrogens is 2. The van der Waals surface area contributed by atoms with Crippen molar-refractivity contribution < 1.29 is 41.6 Å². The van der Waals surface area contributed by atoms with Gasteiger partial charge in [0.1, 0.15) is 11.8 Å². The number of alkyl halides is 3. The Labute approximate surface area is 200 Å². The fourth-order valence-electron chi connectivity index (χ4n) is 3.54. The van der Waals surface area contributed by atoms with E-state index in [2.05, 4.69) is 15.3 Å². The van der Waals surface area contributed by atoms with Gasteiger partial charge < -0.3 is 15.2 Å². The lowest BCUT2D eigenvalue weighted by Gasteiger charge is -2.04. The number of carboxylic acid groups (broad SMARTS) is 1. The second kappa shape index (κ2) is 9.82. The van der Waals surface area contributed by atoms with E-state index in [-0.39, 0.29) is 11.7 Å². The number of rotatable bonds is 3. The van der Waals surface area contributed by atoms with Crippen molar-refractivity contribution in [1.29, 1.82) is 0 Å². The Kier molecular flexibility index (Phi) is 6.64. The van der Waals surface area contributed by atoms with Crippen molar-refractivity contribution in [2.75, 3.05) is 5.32 Å². The highest BCUT2D eigenvalue weighted by Gasteiger charge is 2.29. The SMILES string of the molecule is O=C(Nc1cccc2c[nH+]ccc12)c1[nH]c(-c2ccc(F)cc2)c2cccc[n+]12.O=C([O-])C(F)(F)F. The fourth-order valence-corrected chi connectivity index (χ4v) is 3.54. The van der Waals surface area contributed by atoms with Crippen LogP contribution < -0.4 is 19.8 Å². The number of halogens is 4. The van der Waals surface area contributed by atoms with Crippen LogP contribution in [0.4, 0.5) is 23.2 Å². The average Bonchev–Trinajstić information content (AvgIpc) is 3.24. The number of nitrogens with zero attached hydrogens (tertiary/aromatic N) is 1. The number of benzene rings is 2. The molecule has 7 nitrogen and oxygen atoms in total. The number of fused-ring (bicyclic) bond motifs is 2. The van der Waals surface area contributed by atoms with Crippen LogP contribution >= 0.6 is 0 Å². The number of nitrogens with one attached hydrogen (secondary N) is 3. The zero-order chi connectivity index (χ0) is 25.9. The summed E-state index contributed by atoms with van der Waals surface area (Å²) < 4.78 is 46.7. The van der Waals surface area contributed by atoms with Crippen molar-refractivity contribution >= 4 is 33.9 Å². The third kappa shape index (κ3) is 5.14. The molecule has 36 heavy (non-hydrogen) atoms. The smallest absolute Gasteiger partial charge is 0.430 e. The number of anilines is 1. The Morgan fingerprint density at radius 3 is 2.39 bits per heavy atom. The maximum absolute atomic E-state index is 13.3. The van der Waals surface area contributed by atoms with Crippen LogP contribution in [-0.2, 0) is 4.79 Å². The minimum absolute atomic E-state index is 0.264. The molecule has 2 aromatic carbocycles. The zero-order valence-electron chi connectivity index (χ0n) is 18.3. The van der Waals surface area contributed by atoms with Crippen LogP contribution in [0, 0.1) is 5.82 Å². The molecule has 5 aromatic rings. The van der Waals surface area contributed by atoms with Crippen molar-refractivity contribution in [1.82, 2.24) is 4.98 Å². The Bertz CT molecular complexity index is 1560. The summed E-state index contributed by atoms with van der Waals surface area (Å²) >= 11 is 0. The third-order valence-corrected chi connectivity index (χ3v) is 5.15. The first-order valence-corrected chi connectivity index (χ1v) is 10.4. The molecule has 0 radical (unpaired) electrons. The van der Waals surface area contributed by atoms with Gasteiger partial charge in [-0.2, -0.15) is 17.6 Å². The maximum Gasteiger partial charge on any atom is 0.430 e. The first-order valence-electron chi connectivity index (χ1n) is 10.4. The van der Waals surface area contributed by atoms with Gasteiger partial charge in [-0.1, -0.05) is 12.1 Å². The van der Waals surface area contributed by atoms with Gasteiger partial charge in [-0.05, 0) is 48.5 Å². The molecular formula is C25H17F4N4O3+. The number of amides is 1. The number of pyridine rings is 2. The minimum Gasteiger partial charge on any atom is -0.542 e. The summed E-state index contributed by atoms with van der Waals surface area (Å²) in [6.45, 7) is 0. The molecule has 0 saturated heterocycles. The number of hydrogen-bond acceptors (Lipinski definition) is 3. The lowest BCUT2D eigenvalue weighted by Crippen LogP contribution is -2.37. The van der Waals surface area contributed by atoms with Crippen LogP contribution in [0.2, 0.25) is 0 Å². The third-order valence-electron chi connectivity index (χ3n) is 5.15. The topological polar surface area (TPSA) is 103 Å². The first kappa shape index (κ1) is 24.3. The van der Waals surface area contributed by atoms with E-state index in [0.29, 0.717) is 5.82 Å². The van der Waals surface area contributed by atoms with Crippen molar-refractivity contribution in [3.05, 3.63) is 97.0 Å². The molecular weight excluding hydrogens is 480 g/mol. The standard InChI is InChI=1S/C23H15FN4O.C2HF3O2/c24-17-9-7-15(8-10-17)21-20-6-1-2-13-28(20)22(27-21)23(29)26-19-5-3-4-16-14-25-12-11-18(16)19;3-2(4,5)1(6)7/h1-14H,(H,26,29);(H,6,7)/p+1. The molecule has 3 aromatic heterocycles. The van der Waals surface area contributed by atoms with Crippen molar-refractivity contribution in [2.45, 2.75) is 6.18 Å². The number of aliphatic carboxylic acids is 1. The summed E-state index contributed by atoms with van der Waals surface area (Å²) in [5.74, 6) is -3.18. The molecule has 0 aliphatic carbocycles. The van der Waals surface area contributed by atoms with Crippen LogP contribution in [0.3, 0.4) is 0 Å². The second-order valence-corrected chi connectivity index (χ2v) is 7.50. The molecule has 0 spiro atoms. The number of carbonyl (C=O) groups excluding carboxylic acids is 2. The number of carbonyl (C=O) groups is 2. The van der Waals surface area contributed by atoms with Crippen LogP contribution in [0.15, 0.2) is 85.3 Å².